The minimum Gasteiger partial charge on any atom is -0.478 e. The van der Waals surface area contributed by atoms with E-state index in [0.29, 0.717) is 22.9 Å². The van der Waals surface area contributed by atoms with Crippen LogP contribution in [0.5, 0.6) is 11.5 Å². The highest BCUT2D eigenvalue weighted by molar-refractivity contribution is 5.87. The number of ether oxygens (including phenoxy) is 1. The van der Waals surface area contributed by atoms with E-state index < -0.39 is 5.97 Å². The molecule has 0 unspecified atom stereocenters. The van der Waals surface area contributed by atoms with Gasteiger partial charge in [-0.25, -0.2) is 4.79 Å². The molecule has 2 rings (SSSR count). The molecule has 18 heavy (non-hydrogen) atoms. The average Bonchev–Trinajstić information content (AvgIpc) is 2.28. The molecule has 0 fully saturated rings. The molecule has 0 aliphatic heterocycles. The van der Waals surface area contributed by atoms with Crippen LogP contribution in [-0.4, -0.2) is 11.1 Å². The standard InChI is InChI=1S/C13H12N2O3/c14-9-5-10(15)7-12(6-9)18-11-3-1-8(2-4-11)13(16)17/h1-7H,14-15H2,(H,16,17). The van der Waals surface area contributed by atoms with E-state index in [1.54, 1.807) is 30.3 Å². The Morgan fingerprint density at radius 1 is 0.944 bits per heavy atom. The number of benzene rings is 2. The fraction of sp³-hybridized carbons (Fsp3) is 0. The lowest BCUT2D eigenvalue weighted by Crippen LogP contribution is -1.96. The third kappa shape index (κ3) is 2.70. The molecule has 2 aromatic rings. The molecule has 0 saturated heterocycles. The molecule has 0 radical (unpaired) electrons. The van der Waals surface area contributed by atoms with E-state index in [1.807, 2.05) is 0 Å². The fourth-order valence-electron chi connectivity index (χ4n) is 1.51. The maximum atomic E-state index is 10.7. The van der Waals surface area contributed by atoms with Gasteiger partial charge < -0.3 is 21.3 Å². The number of hydrogen-bond donors (Lipinski definition) is 3. The van der Waals surface area contributed by atoms with Crippen molar-refractivity contribution in [2.75, 3.05) is 11.5 Å². The van der Waals surface area contributed by atoms with Gasteiger partial charge in [0.2, 0.25) is 0 Å². The molecule has 0 atom stereocenters. The maximum Gasteiger partial charge on any atom is 0.335 e. The third-order valence-corrected chi connectivity index (χ3v) is 2.29. The number of rotatable bonds is 3. The van der Waals surface area contributed by atoms with Crippen molar-refractivity contribution in [3.63, 3.8) is 0 Å². The lowest BCUT2D eigenvalue weighted by molar-refractivity contribution is 0.0697. The van der Waals surface area contributed by atoms with Gasteiger partial charge in [0.05, 0.1) is 5.56 Å². The van der Waals surface area contributed by atoms with Crippen LogP contribution in [0.25, 0.3) is 0 Å². The van der Waals surface area contributed by atoms with Crippen LogP contribution >= 0.6 is 0 Å². The molecular formula is C13H12N2O3. The molecule has 2 aromatic carbocycles. The van der Waals surface area contributed by atoms with Crippen molar-refractivity contribution in [1.29, 1.82) is 0 Å². The first-order valence-corrected chi connectivity index (χ1v) is 5.22. The summed E-state index contributed by atoms with van der Waals surface area (Å²) in [6, 6.07) is 11.0. The number of carbonyl (C=O) groups is 1. The second-order valence-electron chi connectivity index (χ2n) is 3.77. The number of carboxylic acids is 1. The van der Waals surface area contributed by atoms with E-state index in [9.17, 15) is 4.79 Å². The second kappa shape index (κ2) is 4.67. The predicted octanol–water partition coefficient (Wildman–Crippen LogP) is 2.34. The Bertz CT molecular complexity index is 559. The molecule has 5 N–H and O–H groups in total. The van der Waals surface area contributed by atoms with Crippen molar-refractivity contribution in [1.82, 2.24) is 0 Å². The van der Waals surface area contributed by atoms with Gasteiger partial charge in [-0.15, -0.1) is 0 Å². The molecule has 0 amide bonds. The van der Waals surface area contributed by atoms with Crippen LogP contribution in [0.3, 0.4) is 0 Å². The Morgan fingerprint density at radius 3 is 2.00 bits per heavy atom. The third-order valence-electron chi connectivity index (χ3n) is 2.29. The summed E-state index contributed by atoms with van der Waals surface area (Å²) in [6.45, 7) is 0. The lowest BCUT2D eigenvalue weighted by Gasteiger charge is -2.07. The van der Waals surface area contributed by atoms with Crippen molar-refractivity contribution in [3.8, 4) is 11.5 Å². The highest BCUT2D eigenvalue weighted by Crippen LogP contribution is 2.26. The van der Waals surface area contributed by atoms with E-state index in [2.05, 4.69) is 0 Å². The number of carboxylic acid groups (broad SMARTS) is 1. The Hall–Kier alpha value is -2.69. The van der Waals surface area contributed by atoms with Gasteiger partial charge in [0.25, 0.3) is 0 Å². The summed E-state index contributed by atoms with van der Waals surface area (Å²) < 4.78 is 5.52. The molecule has 0 aliphatic rings. The smallest absolute Gasteiger partial charge is 0.335 e. The van der Waals surface area contributed by atoms with Crippen LogP contribution in [0.2, 0.25) is 0 Å². The van der Waals surface area contributed by atoms with Crippen molar-refractivity contribution < 1.29 is 14.6 Å². The SMILES string of the molecule is Nc1cc(N)cc(Oc2ccc(C(=O)O)cc2)c1. The van der Waals surface area contributed by atoms with Crippen molar-refractivity contribution in [2.24, 2.45) is 0 Å². The largest absolute Gasteiger partial charge is 0.478 e. The first-order valence-electron chi connectivity index (χ1n) is 5.22. The van der Waals surface area contributed by atoms with Gasteiger partial charge in [-0.2, -0.15) is 0 Å². The second-order valence-corrected chi connectivity index (χ2v) is 3.77. The molecule has 92 valence electrons. The van der Waals surface area contributed by atoms with Gasteiger partial charge >= 0.3 is 5.97 Å². The minimum absolute atomic E-state index is 0.203. The van der Waals surface area contributed by atoms with Gasteiger partial charge in [0.15, 0.2) is 0 Å². The van der Waals surface area contributed by atoms with Crippen LogP contribution in [0.15, 0.2) is 42.5 Å². The van der Waals surface area contributed by atoms with E-state index in [4.69, 9.17) is 21.3 Å². The predicted molar refractivity (Wildman–Crippen MR) is 68.7 cm³/mol. The average molecular weight is 244 g/mol. The Labute approximate surface area is 104 Å². The first-order chi connectivity index (χ1) is 8.54. The molecular weight excluding hydrogens is 232 g/mol. The number of nitrogen functional groups attached to an aromatic ring is 2. The summed E-state index contributed by atoms with van der Waals surface area (Å²) >= 11 is 0. The summed E-state index contributed by atoms with van der Waals surface area (Å²) in [5.41, 5.74) is 12.5. The summed E-state index contributed by atoms with van der Waals surface area (Å²) in [7, 11) is 0. The van der Waals surface area contributed by atoms with Gasteiger partial charge in [-0.05, 0) is 30.3 Å². The van der Waals surface area contributed by atoms with E-state index in [1.165, 1.54) is 12.1 Å². The number of nitrogens with two attached hydrogens (primary N) is 2. The van der Waals surface area contributed by atoms with Gasteiger partial charge in [0, 0.05) is 23.5 Å². The van der Waals surface area contributed by atoms with Crippen LogP contribution in [0.4, 0.5) is 11.4 Å². The summed E-state index contributed by atoms with van der Waals surface area (Å²) in [5, 5.41) is 8.76. The Morgan fingerprint density at radius 2 is 1.50 bits per heavy atom. The van der Waals surface area contributed by atoms with Crippen molar-refractivity contribution in [2.45, 2.75) is 0 Å². The van der Waals surface area contributed by atoms with E-state index >= 15 is 0 Å². The van der Waals surface area contributed by atoms with Crippen LogP contribution in [-0.2, 0) is 0 Å². The molecule has 0 saturated carbocycles. The Balaban J connectivity index is 2.20. The fourth-order valence-corrected chi connectivity index (χ4v) is 1.51. The highest BCUT2D eigenvalue weighted by Gasteiger charge is 2.03. The van der Waals surface area contributed by atoms with Crippen LogP contribution < -0.4 is 16.2 Å². The van der Waals surface area contributed by atoms with Crippen molar-refractivity contribution >= 4 is 17.3 Å². The first kappa shape index (κ1) is 11.8. The summed E-state index contributed by atoms with van der Waals surface area (Å²) in [4.78, 5) is 10.7. The number of hydrogen-bond acceptors (Lipinski definition) is 4. The maximum absolute atomic E-state index is 10.7. The molecule has 0 bridgehead atoms. The monoisotopic (exact) mass is 244 g/mol. The van der Waals surface area contributed by atoms with Crippen molar-refractivity contribution in [3.05, 3.63) is 48.0 Å². The van der Waals surface area contributed by atoms with E-state index in [0.717, 1.165) is 0 Å². The zero-order chi connectivity index (χ0) is 13.1. The van der Waals surface area contributed by atoms with Crippen LogP contribution in [0.1, 0.15) is 10.4 Å². The molecule has 0 aliphatic carbocycles. The lowest BCUT2D eigenvalue weighted by atomic mass is 10.2. The minimum atomic E-state index is -0.977. The summed E-state index contributed by atoms with van der Waals surface area (Å²) in [6.07, 6.45) is 0. The van der Waals surface area contributed by atoms with Gasteiger partial charge in [0.1, 0.15) is 11.5 Å². The zero-order valence-electron chi connectivity index (χ0n) is 9.46. The number of anilines is 2. The topological polar surface area (TPSA) is 98.6 Å². The van der Waals surface area contributed by atoms with Crippen LogP contribution in [0, 0.1) is 0 Å². The zero-order valence-corrected chi connectivity index (χ0v) is 9.46. The molecule has 0 aromatic heterocycles. The summed E-state index contributed by atoms with van der Waals surface area (Å²) in [5.74, 6) is 0.0512. The molecule has 5 heteroatoms. The van der Waals surface area contributed by atoms with Gasteiger partial charge in [-0.1, -0.05) is 0 Å². The van der Waals surface area contributed by atoms with E-state index in [-0.39, 0.29) is 5.56 Å². The highest BCUT2D eigenvalue weighted by atomic mass is 16.5. The molecule has 0 spiro atoms. The Kier molecular flexibility index (Phi) is 3.05. The molecule has 5 nitrogen and oxygen atoms in total. The normalized spacial score (nSPS) is 10.0. The van der Waals surface area contributed by atoms with Gasteiger partial charge in [-0.3, -0.25) is 0 Å². The molecule has 0 heterocycles. The number of aromatic carboxylic acids is 1. The quantitative estimate of drug-likeness (QED) is 0.720.